The van der Waals surface area contributed by atoms with E-state index in [1.54, 1.807) is 18.4 Å². The van der Waals surface area contributed by atoms with Crippen molar-refractivity contribution in [3.8, 4) is 5.75 Å². The van der Waals surface area contributed by atoms with Gasteiger partial charge in [-0.15, -0.1) is 0 Å². The van der Waals surface area contributed by atoms with Gasteiger partial charge in [-0.25, -0.2) is 4.98 Å². The van der Waals surface area contributed by atoms with Crippen LogP contribution in [0, 0.1) is 0 Å². The lowest BCUT2D eigenvalue weighted by molar-refractivity contribution is 0.362. The van der Waals surface area contributed by atoms with E-state index in [2.05, 4.69) is 48.5 Å². The minimum absolute atomic E-state index is 0.199. The molecule has 0 fully saturated rings. The Labute approximate surface area is 180 Å². The Morgan fingerprint density at radius 2 is 1.96 bits per heavy atom. The van der Waals surface area contributed by atoms with E-state index in [4.69, 9.17) is 4.74 Å². The quantitative estimate of drug-likeness (QED) is 0.323. The topological polar surface area (TPSA) is 56.5 Å². The summed E-state index contributed by atoms with van der Waals surface area (Å²) >= 11 is 6.88. The summed E-state index contributed by atoms with van der Waals surface area (Å²) < 4.78 is 8.77. The molecule has 3 aromatic rings. The number of aryl methyl sites for hydroxylation is 1. The van der Waals surface area contributed by atoms with Gasteiger partial charge in [0.1, 0.15) is 18.2 Å². The van der Waals surface area contributed by atoms with Crippen molar-refractivity contribution >= 4 is 49.0 Å². The van der Waals surface area contributed by atoms with Crippen molar-refractivity contribution in [2.75, 3.05) is 6.61 Å². The first-order chi connectivity index (χ1) is 13.5. The first-order valence-electron chi connectivity index (χ1n) is 8.82. The standard InChI is InChI=1S/C21H19Br2N3O2/c1-3-5-20-25-18-8-6-16(23)12-17(18)21(27)26(20)24-13-14-11-15(22)7-9-19(14)28-10-4-2/h4,6-9,11-13H,2-3,5,10H2,1H3. The first kappa shape index (κ1) is 20.5. The molecule has 0 aliphatic rings. The maximum absolute atomic E-state index is 13.1. The molecule has 1 heterocycles. The number of hydrogen-bond donors (Lipinski definition) is 0. The van der Waals surface area contributed by atoms with Gasteiger partial charge in [-0.2, -0.15) is 9.78 Å². The van der Waals surface area contributed by atoms with Gasteiger partial charge in [-0.3, -0.25) is 4.79 Å². The molecule has 0 radical (unpaired) electrons. The fourth-order valence-corrected chi connectivity index (χ4v) is 3.46. The average molecular weight is 505 g/mol. The van der Waals surface area contributed by atoms with E-state index >= 15 is 0 Å². The summed E-state index contributed by atoms with van der Waals surface area (Å²) in [5.41, 5.74) is 1.22. The second-order valence-electron chi connectivity index (χ2n) is 6.08. The number of hydrogen-bond acceptors (Lipinski definition) is 4. The van der Waals surface area contributed by atoms with Crippen LogP contribution < -0.4 is 10.3 Å². The van der Waals surface area contributed by atoms with Crippen molar-refractivity contribution in [2.24, 2.45) is 5.10 Å². The Morgan fingerprint density at radius 1 is 1.21 bits per heavy atom. The van der Waals surface area contributed by atoms with E-state index < -0.39 is 0 Å². The summed E-state index contributed by atoms with van der Waals surface area (Å²) in [6.07, 6.45) is 4.80. The van der Waals surface area contributed by atoms with E-state index in [-0.39, 0.29) is 5.56 Å². The molecule has 0 saturated heterocycles. The number of ether oxygens (including phenoxy) is 1. The first-order valence-corrected chi connectivity index (χ1v) is 10.4. The number of rotatable bonds is 7. The number of nitrogens with zero attached hydrogens (tertiary/aromatic N) is 3. The van der Waals surface area contributed by atoms with E-state index in [1.165, 1.54) is 4.68 Å². The van der Waals surface area contributed by atoms with Crippen molar-refractivity contribution in [3.05, 3.63) is 79.7 Å². The van der Waals surface area contributed by atoms with Crippen molar-refractivity contribution < 1.29 is 4.74 Å². The van der Waals surface area contributed by atoms with Gasteiger partial charge in [-0.05, 0) is 42.8 Å². The molecule has 28 heavy (non-hydrogen) atoms. The fraction of sp³-hybridized carbons (Fsp3) is 0.190. The van der Waals surface area contributed by atoms with Gasteiger partial charge in [0.25, 0.3) is 5.56 Å². The maximum atomic E-state index is 13.1. The molecule has 0 atom stereocenters. The second kappa shape index (κ2) is 9.30. The fourth-order valence-electron chi connectivity index (χ4n) is 2.72. The van der Waals surface area contributed by atoms with Crippen LogP contribution in [0.1, 0.15) is 24.7 Å². The summed E-state index contributed by atoms with van der Waals surface area (Å²) in [6, 6.07) is 11.1. The molecule has 0 amide bonds. The molecule has 0 unspecified atom stereocenters. The molecular formula is C21H19Br2N3O2. The zero-order chi connectivity index (χ0) is 20.1. The molecule has 3 rings (SSSR count). The SMILES string of the molecule is C=CCOc1ccc(Br)cc1C=Nn1c(CCC)nc2ccc(Br)cc2c1=O. The largest absolute Gasteiger partial charge is 0.489 e. The van der Waals surface area contributed by atoms with Crippen molar-refractivity contribution in [2.45, 2.75) is 19.8 Å². The van der Waals surface area contributed by atoms with Crippen LogP contribution in [-0.2, 0) is 6.42 Å². The summed E-state index contributed by atoms with van der Waals surface area (Å²) in [6.45, 7) is 6.10. The number of aromatic nitrogens is 2. The molecule has 7 heteroatoms. The minimum Gasteiger partial charge on any atom is -0.489 e. The number of fused-ring (bicyclic) bond motifs is 1. The van der Waals surface area contributed by atoms with Gasteiger partial charge in [0.15, 0.2) is 0 Å². The zero-order valence-corrected chi connectivity index (χ0v) is 18.5. The molecule has 0 spiro atoms. The summed E-state index contributed by atoms with van der Waals surface area (Å²) in [5.74, 6) is 1.29. The van der Waals surface area contributed by atoms with Crippen molar-refractivity contribution in [1.82, 2.24) is 9.66 Å². The van der Waals surface area contributed by atoms with Gasteiger partial charge < -0.3 is 4.74 Å². The van der Waals surface area contributed by atoms with Crippen LogP contribution in [0.2, 0.25) is 0 Å². The summed E-state index contributed by atoms with van der Waals surface area (Å²) in [5, 5.41) is 4.98. The third-order valence-electron chi connectivity index (χ3n) is 3.99. The molecule has 2 aromatic carbocycles. The lowest BCUT2D eigenvalue weighted by Gasteiger charge is -2.10. The highest BCUT2D eigenvalue weighted by Gasteiger charge is 2.11. The van der Waals surface area contributed by atoms with Crippen LogP contribution in [0.5, 0.6) is 5.75 Å². The highest BCUT2D eigenvalue weighted by atomic mass is 79.9. The second-order valence-corrected chi connectivity index (χ2v) is 7.91. The molecule has 0 saturated carbocycles. The zero-order valence-electron chi connectivity index (χ0n) is 15.4. The summed E-state index contributed by atoms with van der Waals surface area (Å²) in [7, 11) is 0. The van der Waals surface area contributed by atoms with Crippen LogP contribution in [0.4, 0.5) is 0 Å². The van der Waals surface area contributed by atoms with Crippen molar-refractivity contribution in [1.29, 1.82) is 0 Å². The highest BCUT2D eigenvalue weighted by molar-refractivity contribution is 9.10. The average Bonchev–Trinajstić information content (AvgIpc) is 2.68. The van der Waals surface area contributed by atoms with Crippen LogP contribution in [-0.4, -0.2) is 22.5 Å². The Balaban J connectivity index is 2.12. The Hall–Kier alpha value is -2.25. The predicted molar refractivity (Wildman–Crippen MR) is 121 cm³/mol. The van der Waals surface area contributed by atoms with E-state index in [0.717, 1.165) is 20.9 Å². The maximum Gasteiger partial charge on any atom is 0.282 e. The molecule has 0 N–H and O–H groups in total. The van der Waals surface area contributed by atoms with Crippen LogP contribution in [0.15, 0.2) is 67.9 Å². The third kappa shape index (κ3) is 4.59. The van der Waals surface area contributed by atoms with Gasteiger partial charge >= 0.3 is 0 Å². The molecule has 144 valence electrons. The van der Waals surface area contributed by atoms with Gasteiger partial charge in [-0.1, -0.05) is 51.4 Å². The highest BCUT2D eigenvalue weighted by Crippen LogP contribution is 2.22. The van der Waals surface area contributed by atoms with Crippen molar-refractivity contribution in [3.63, 3.8) is 0 Å². The number of benzene rings is 2. The molecule has 0 bridgehead atoms. The summed E-state index contributed by atoms with van der Waals surface area (Å²) in [4.78, 5) is 17.7. The third-order valence-corrected chi connectivity index (χ3v) is 4.98. The van der Waals surface area contributed by atoms with E-state index in [9.17, 15) is 4.79 Å². The molecule has 1 aromatic heterocycles. The van der Waals surface area contributed by atoms with Gasteiger partial charge in [0, 0.05) is 20.9 Å². The van der Waals surface area contributed by atoms with Crippen LogP contribution in [0.3, 0.4) is 0 Å². The Morgan fingerprint density at radius 3 is 2.71 bits per heavy atom. The molecule has 5 nitrogen and oxygen atoms in total. The van der Waals surface area contributed by atoms with Crippen LogP contribution in [0.25, 0.3) is 10.9 Å². The lowest BCUT2D eigenvalue weighted by Crippen LogP contribution is -2.22. The van der Waals surface area contributed by atoms with E-state index in [1.807, 2.05) is 37.3 Å². The number of halogens is 2. The Bertz CT molecular complexity index is 1110. The van der Waals surface area contributed by atoms with E-state index in [0.29, 0.717) is 35.5 Å². The molecule has 0 aliphatic carbocycles. The normalized spacial score (nSPS) is 11.2. The monoisotopic (exact) mass is 503 g/mol. The van der Waals surface area contributed by atoms with Crippen LogP contribution >= 0.6 is 31.9 Å². The minimum atomic E-state index is -0.199. The molecule has 0 aliphatic heterocycles. The van der Waals surface area contributed by atoms with Gasteiger partial charge in [0.2, 0.25) is 0 Å². The predicted octanol–water partition coefficient (Wildman–Crippen LogP) is 5.32. The van der Waals surface area contributed by atoms with Gasteiger partial charge in [0.05, 0.1) is 17.1 Å². The lowest BCUT2D eigenvalue weighted by atomic mass is 10.2. The smallest absolute Gasteiger partial charge is 0.282 e. The Kier molecular flexibility index (Phi) is 6.80. The molecular weight excluding hydrogens is 486 g/mol.